The summed E-state index contributed by atoms with van der Waals surface area (Å²) in [6.07, 6.45) is 2.66. The maximum absolute atomic E-state index is 12.7. The lowest BCUT2D eigenvalue weighted by atomic mass is 9.76. The van der Waals surface area contributed by atoms with Crippen LogP contribution in [0.2, 0.25) is 0 Å². The summed E-state index contributed by atoms with van der Waals surface area (Å²) in [5.41, 5.74) is -1.71. The Bertz CT molecular complexity index is 484. The van der Waals surface area contributed by atoms with Gasteiger partial charge in [0.2, 0.25) is 0 Å². The first kappa shape index (κ1) is 20.4. The third-order valence-electron chi connectivity index (χ3n) is 4.51. The molecule has 5 nitrogen and oxygen atoms in total. The maximum atomic E-state index is 12.7. The Kier molecular flexibility index (Phi) is 6.76. The maximum Gasteiger partial charge on any atom is 0.324 e. The van der Waals surface area contributed by atoms with Crippen molar-refractivity contribution in [2.45, 2.75) is 78.9 Å². The molecular weight excluding hydrogens is 308 g/mol. The summed E-state index contributed by atoms with van der Waals surface area (Å²) in [6.45, 7) is 13.0. The van der Waals surface area contributed by atoms with Gasteiger partial charge in [0.05, 0.1) is 12.2 Å². The summed E-state index contributed by atoms with van der Waals surface area (Å²) in [4.78, 5) is 37.3. The second kappa shape index (κ2) is 7.95. The molecule has 0 radical (unpaired) electrons. The zero-order valence-electron chi connectivity index (χ0n) is 15.5. The second-order valence-corrected chi connectivity index (χ2v) is 7.32. The standard InChI is InChI=1S/C19H30O5/c1-7-8-9-18(12-20)11-19(10-15(18)6,16(21)23-13(2)3)17(22)24-14(4)5/h12-14H,6-11H2,1-5H3. The van der Waals surface area contributed by atoms with E-state index in [-0.39, 0.29) is 25.0 Å². The van der Waals surface area contributed by atoms with Crippen molar-refractivity contribution in [3.8, 4) is 0 Å². The van der Waals surface area contributed by atoms with Crippen LogP contribution in [-0.2, 0) is 23.9 Å². The highest BCUT2D eigenvalue weighted by atomic mass is 16.6. The third kappa shape index (κ3) is 4.05. The lowest BCUT2D eigenvalue weighted by molar-refractivity contribution is -0.177. The molecule has 1 fully saturated rings. The number of rotatable bonds is 8. The molecule has 1 aliphatic rings. The highest BCUT2D eigenvalue weighted by molar-refractivity contribution is 6.02. The summed E-state index contributed by atoms with van der Waals surface area (Å²) in [6, 6.07) is 0. The van der Waals surface area contributed by atoms with Gasteiger partial charge in [0, 0.05) is 5.41 Å². The number of hydrogen-bond acceptors (Lipinski definition) is 5. The zero-order chi connectivity index (χ0) is 18.5. The first-order chi connectivity index (χ1) is 11.1. The molecule has 0 saturated heterocycles. The molecule has 1 unspecified atom stereocenters. The highest BCUT2D eigenvalue weighted by Gasteiger charge is 2.61. The van der Waals surface area contributed by atoms with Gasteiger partial charge < -0.3 is 14.3 Å². The Hall–Kier alpha value is -1.65. The van der Waals surface area contributed by atoms with E-state index in [0.29, 0.717) is 12.0 Å². The van der Waals surface area contributed by atoms with Crippen molar-refractivity contribution in [1.29, 1.82) is 0 Å². The Morgan fingerprint density at radius 1 is 1.17 bits per heavy atom. The predicted molar refractivity (Wildman–Crippen MR) is 91.3 cm³/mol. The smallest absolute Gasteiger partial charge is 0.324 e. The Morgan fingerprint density at radius 2 is 1.67 bits per heavy atom. The summed E-state index contributed by atoms with van der Waals surface area (Å²) in [7, 11) is 0. The van der Waals surface area contributed by atoms with Crippen LogP contribution in [0.5, 0.6) is 0 Å². The molecule has 1 rings (SSSR count). The predicted octanol–water partition coefficient (Wildman–Crippen LogP) is 3.60. The van der Waals surface area contributed by atoms with Crippen molar-refractivity contribution in [2.75, 3.05) is 0 Å². The van der Waals surface area contributed by atoms with E-state index in [9.17, 15) is 14.4 Å². The molecule has 5 heteroatoms. The molecule has 24 heavy (non-hydrogen) atoms. The molecule has 0 bridgehead atoms. The fourth-order valence-electron chi connectivity index (χ4n) is 3.23. The number of carbonyl (C=O) groups is 3. The first-order valence-corrected chi connectivity index (χ1v) is 8.70. The molecule has 0 aromatic rings. The van der Waals surface area contributed by atoms with Gasteiger partial charge in [0.25, 0.3) is 0 Å². The molecule has 0 heterocycles. The van der Waals surface area contributed by atoms with Crippen LogP contribution in [0.25, 0.3) is 0 Å². The Morgan fingerprint density at radius 3 is 2.04 bits per heavy atom. The van der Waals surface area contributed by atoms with Gasteiger partial charge in [-0.25, -0.2) is 0 Å². The molecule has 0 spiro atoms. The molecule has 136 valence electrons. The van der Waals surface area contributed by atoms with Gasteiger partial charge in [0.1, 0.15) is 6.29 Å². The number of ether oxygens (including phenoxy) is 2. The van der Waals surface area contributed by atoms with Crippen LogP contribution in [-0.4, -0.2) is 30.4 Å². The van der Waals surface area contributed by atoms with Crippen LogP contribution in [0.1, 0.15) is 66.7 Å². The van der Waals surface area contributed by atoms with Crippen LogP contribution >= 0.6 is 0 Å². The summed E-state index contributed by atoms with van der Waals surface area (Å²) in [5.74, 6) is -1.24. The van der Waals surface area contributed by atoms with Gasteiger partial charge in [-0.1, -0.05) is 31.9 Å². The van der Waals surface area contributed by atoms with Crippen LogP contribution in [0.3, 0.4) is 0 Å². The van der Waals surface area contributed by atoms with Crippen molar-refractivity contribution in [2.24, 2.45) is 10.8 Å². The summed E-state index contributed by atoms with van der Waals surface area (Å²) < 4.78 is 10.7. The minimum atomic E-state index is -1.47. The first-order valence-electron chi connectivity index (χ1n) is 8.70. The normalized spacial score (nSPS) is 22.7. The van der Waals surface area contributed by atoms with Crippen LogP contribution in [0, 0.1) is 10.8 Å². The average molecular weight is 338 g/mol. The van der Waals surface area contributed by atoms with Gasteiger partial charge in [-0.3, -0.25) is 9.59 Å². The van der Waals surface area contributed by atoms with E-state index in [2.05, 4.69) is 6.58 Å². The molecular formula is C19H30O5. The van der Waals surface area contributed by atoms with Gasteiger partial charge >= 0.3 is 11.9 Å². The molecule has 1 aliphatic carbocycles. The molecule has 0 aliphatic heterocycles. The molecule has 0 amide bonds. The largest absolute Gasteiger partial charge is 0.462 e. The Balaban J connectivity index is 3.25. The lowest BCUT2D eigenvalue weighted by Crippen LogP contribution is -2.43. The van der Waals surface area contributed by atoms with Gasteiger partial charge in [0.15, 0.2) is 5.41 Å². The number of allylic oxidation sites excluding steroid dienone is 1. The fraction of sp³-hybridized carbons (Fsp3) is 0.737. The average Bonchev–Trinajstić information content (AvgIpc) is 2.79. The molecule has 1 saturated carbocycles. The number of hydrogen-bond donors (Lipinski definition) is 0. The number of unbranched alkanes of at least 4 members (excludes halogenated alkanes) is 1. The minimum Gasteiger partial charge on any atom is -0.462 e. The summed E-state index contributed by atoms with van der Waals surface area (Å²) >= 11 is 0. The van der Waals surface area contributed by atoms with E-state index in [0.717, 1.165) is 19.1 Å². The van der Waals surface area contributed by atoms with Crippen molar-refractivity contribution < 1.29 is 23.9 Å². The fourth-order valence-corrected chi connectivity index (χ4v) is 3.23. The van der Waals surface area contributed by atoms with E-state index in [1.165, 1.54) is 0 Å². The molecule has 0 aromatic heterocycles. The van der Waals surface area contributed by atoms with E-state index >= 15 is 0 Å². The van der Waals surface area contributed by atoms with E-state index in [1.807, 2.05) is 6.92 Å². The van der Waals surface area contributed by atoms with Crippen LogP contribution in [0.15, 0.2) is 12.2 Å². The highest BCUT2D eigenvalue weighted by Crippen LogP contribution is 2.55. The Labute approximate surface area is 144 Å². The van der Waals surface area contributed by atoms with Gasteiger partial charge in [-0.05, 0) is 47.0 Å². The van der Waals surface area contributed by atoms with Crippen LogP contribution < -0.4 is 0 Å². The number of aldehydes is 1. The second-order valence-electron chi connectivity index (χ2n) is 7.32. The van der Waals surface area contributed by atoms with Gasteiger partial charge in [-0.2, -0.15) is 0 Å². The SMILES string of the molecule is C=C1CC(C(=O)OC(C)C)(C(=O)OC(C)C)CC1(C=O)CCCC. The zero-order valence-corrected chi connectivity index (χ0v) is 15.5. The monoisotopic (exact) mass is 338 g/mol. The van der Waals surface area contributed by atoms with Crippen molar-refractivity contribution in [3.05, 3.63) is 12.2 Å². The van der Waals surface area contributed by atoms with Crippen molar-refractivity contribution in [3.63, 3.8) is 0 Å². The van der Waals surface area contributed by atoms with E-state index in [4.69, 9.17) is 9.47 Å². The quantitative estimate of drug-likeness (QED) is 0.293. The summed E-state index contributed by atoms with van der Waals surface area (Å²) in [5, 5.41) is 0. The van der Waals surface area contributed by atoms with E-state index < -0.39 is 22.8 Å². The number of carbonyl (C=O) groups excluding carboxylic acids is 3. The van der Waals surface area contributed by atoms with Crippen LogP contribution in [0.4, 0.5) is 0 Å². The lowest BCUT2D eigenvalue weighted by Gasteiger charge is -2.29. The van der Waals surface area contributed by atoms with Crippen molar-refractivity contribution >= 4 is 18.2 Å². The van der Waals surface area contributed by atoms with Gasteiger partial charge in [-0.15, -0.1) is 0 Å². The number of esters is 2. The third-order valence-corrected chi connectivity index (χ3v) is 4.51. The topological polar surface area (TPSA) is 69.7 Å². The molecule has 1 atom stereocenters. The van der Waals surface area contributed by atoms with E-state index in [1.54, 1.807) is 27.7 Å². The molecule has 0 aromatic carbocycles. The van der Waals surface area contributed by atoms with Crippen molar-refractivity contribution in [1.82, 2.24) is 0 Å². The molecule has 0 N–H and O–H groups in total. The minimum absolute atomic E-state index is 0.0828.